The lowest BCUT2D eigenvalue weighted by atomic mass is 9.87. The van der Waals surface area contributed by atoms with Gasteiger partial charge in [0.2, 0.25) is 0 Å². The van der Waals surface area contributed by atoms with Gasteiger partial charge in [-0.2, -0.15) is 0 Å². The summed E-state index contributed by atoms with van der Waals surface area (Å²) in [6.45, 7) is 4.01. The van der Waals surface area contributed by atoms with Crippen molar-refractivity contribution in [2.75, 3.05) is 13.2 Å². The molecule has 2 nitrogen and oxygen atoms in total. The van der Waals surface area contributed by atoms with Crippen molar-refractivity contribution < 1.29 is 4.74 Å². The van der Waals surface area contributed by atoms with Crippen molar-refractivity contribution in [2.45, 2.75) is 24.8 Å². The Hall–Kier alpha value is -0.0800. The maximum Gasteiger partial charge on any atom is 0.106 e. The largest absolute Gasteiger partial charge is 0.371 e. The van der Waals surface area contributed by atoms with Gasteiger partial charge in [-0.15, -0.1) is 0 Å². The van der Waals surface area contributed by atoms with Crippen LogP contribution in [0.15, 0.2) is 0 Å². The first kappa shape index (κ1) is 5.69. The molecule has 0 amide bonds. The topological polar surface area (TPSA) is 21.3 Å². The standard InChI is InChI=1S/C7H12NO/c1-2-4-8-7(3-1)5-9-6-7/h5,8H,1-4,6H2. The predicted octanol–water partition coefficient (Wildman–Crippen LogP) is 0.691. The third kappa shape index (κ3) is 0.864. The zero-order valence-corrected chi connectivity index (χ0v) is 5.52. The number of nitrogens with one attached hydrogen (secondary N) is 1. The van der Waals surface area contributed by atoms with E-state index in [0.29, 0.717) is 5.54 Å². The molecule has 2 saturated heterocycles. The minimum absolute atomic E-state index is 0.304. The third-order valence-electron chi connectivity index (χ3n) is 2.18. The first-order valence-electron chi connectivity index (χ1n) is 3.62. The molecule has 2 fully saturated rings. The molecule has 1 unspecified atom stereocenters. The van der Waals surface area contributed by atoms with Gasteiger partial charge in [-0.3, -0.25) is 0 Å². The van der Waals surface area contributed by atoms with Crippen molar-refractivity contribution >= 4 is 0 Å². The van der Waals surface area contributed by atoms with Crippen LogP contribution in [-0.4, -0.2) is 18.7 Å². The molecule has 9 heavy (non-hydrogen) atoms. The van der Waals surface area contributed by atoms with E-state index in [4.69, 9.17) is 4.74 Å². The highest BCUT2D eigenvalue weighted by Crippen LogP contribution is 2.29. The van der Waals surface area contributed by atoms with Gasteiger partial charge in [0.25, 0.3) is 0 Å². The second-order valence-corrected chi connectivity index (χ2v) is 2.97. The Labute approximate surface area is 55.6 Å². The number of hydrogen-bond acceptors (Lipinski definition) is 2. The van der Waals surface area contributed by atoms with Crippen LogP contribution in [0.25, 0.3) is 0 Å². The molecule has 51 valence electrons. The van der Waals surface area contributed by atoms with Gasteiger partial charge in [-0.25, -0.2) is 0 Å². The van der Waals surface area contributed by atoms with Crippen molar-refractivity contribution in [3.8, 4) is 0 Å². The zero-order chi connectivity index (χ0) is 6.16. The van der Waals surface area contributed by atoms with Crippen molar-refractivity contribution in [1.29, 1.82) is 0 Å². The Balaban J connectivity index is 1.93. The average Bonchev–Trinajstić information content (AvgIpc) is 1.87. The number of piperidine rings is 1. The minimum Gasteiger partial charge on any atom is -0.371 e. The molecule has 2 heterocycles. The molecule has 2 heteroatoms. The van der Waals surface area contributed by atoms with E-state index < -0.39 is 0 Å². The number of ether oxygens (including phenoxy) is 1. The Bertz CT molecular complexity index is 101. The monoisotopic (exact) mass is 126 g/mol. The molecule has 1 radical (unpaired) electrons. The quantitative estimate of drug-likeness (QED) is 0.515. The maximum atomic E-state index is 5.03. The molecule has 2 rings (SSSR count). The lowest BCUT2D eigenvalue weighted by Crippen LogP contribution is -2.58. The van der Waals surface area contributed by atoms with Gasteiger partial charge in [0.05, 0.1) is 12.1 Å². The second-order valence-electron chi connectivity index (χ2n) is 2.97. The van der Waals surface area contributed by atoms with E-state index in [2.05, 4.69) is 5.32 Å². The van der Waals surface area contributed by atoms with Crippen LogP contribution in [-0.2, 0) is 4.74 Å². The smallest absolute Gasteiger partial charge is 0.106 e. The first-order valence-corrected chi connectivity index (χ1v) is 3.62. The normalized spacial score (nSPS) is 32.0. The van der Waals surface area contributed by atoms with E-state index in [-0.39, 0.29) is 0 Å². The van der Waals surface area contributed by atoms with Crippen LogP contribution in [0.4, 0.5) is 0 Å². The van der Waals surface area contributed by atoms with Gasteiger partial charge in [0.15, 0.2) is 0 Å². The highest BCUT2D eigenvalue weighted by molar-refractivity contribution is 5.04. The summed E-state index contributed by atoms with van der Waals surface area (Å²) in [6.07, 6.45) is 3.95. The molecule has 0 aliphatic carbocycles. The van der Waals surface area contributed by atoms with E-state index in [0.717, 1.165) is 6.61 Å². The number of rotatable bonds is 0. The van der Waals surface area contributed by atoms with Gasteiger partial charge >= 0.3 is 0 Å². The Morgan fingerprint density at radius 1 is 1.44 bits per heavy atom. The van der Waals surface area contributed by atoms with Crippen LogP contribution in [0.5, 0.6) is 0 Å². The summed E-state index contributed by atoms with van der Waals surface area (Å²) >= 11 is 0. The zero-order valence-electron chi connectivity index (χ0n) is 5.52. The van der Waals surface area contributed by atoms with E-state index in [9.17, 15) is 0 Å². The molecule has 0 aromatic heterocycles. The average molecular weight is 126 g/mol. The number of hydrogen-bond donors (Lipinski definition) is 1. The summed E-state index contributed by atoms with van der Waals surface area (Å²) < 4.78 is 5.03. The summed E-state index contributed by atoms with van der Waals surface area (Å²) in [5.74, 6) is 0. The van der Waals surface area contributed by atoms with E-state index in [1.54, 1.807) is 0 Å². The van der Waals surface area contributed by atoms with Gasteiger partial charge in [-0.05, 0) is 19.4 Å². The van der Waals surface area contributed by atoms with Crippen LogP contribution in [0.1, 0.15) is 19.3 Å². The van der Waals surface area contributed by atoms with Crippen molar-refractivity contribution in [3.63, 3.8) is 0 Å². The molecule has 1 spiro atoms. The van der Waals surface area contributed by atoms with E-state index in [1.165, 1.54) is 25.8 Å². The molecule has 1 atom stereocenters. The highest BCUT2D eigenvalue weighted by Gasteiger charge is 2.39. The maximum absolute atomic E-state index is 5.03. The third-order valence-corrected chi connectivity index (χ3v) is 2.18. The fraction of sp³-hybridized carbons (Fsp3) is 0.857. The van der Waals surface area contributed by atoms with Gasteiger partial charge < -0.3 is 10.1 Å². The fourth-order valence-electron chi connectivity index (χ4n) is 1.50. The lowest BCUT2D eigenvalue weighted by molar-refractivity contribution is -0.0259. The van der Waals surface area contributed by atoms with Crippen molar-refractivity contribution in [2.24, 2.45) is 0 Å². The molecule has 0 saturated carbocycles. The van der Waals surface area contributed by atoms with E-state index in [1.807, 2.05) is 6.61 Å². The minimum atomic E-state index is 0.304. The molecule has 0 aromatic carbocycles. The molecule has 2 aliphatic heterocycles. The molecule has 0 bridgehead atoms. The summed E-state index contributed by atoms with van der Waals surface area (Å²) in [7, 11) is 0. The predicted molar refractivity (Wildman–Crippen MR) is 34.8 cm³/mol. The van der Waals surface area contributed by atoms with Crippen LogP contribution in [0.2, 0.25) is 0 Å². The van der Waals surface area contributed by atoms with Gasteiger partial charge in [0.1, 0.15) is 6.61 Å². The summed E-state index contributed by atoms with van der Waals surface area (Å²) in [5.41, 5.74) is 0.304. The van der Waals surface area contributed by atoms with E-state index >= 15 is 0 Å². The molecule has 2 aliphatic rings. The summed E-state index contributed by atoms with van der Waals surface area (Å²) in [6, 6.07) is 0. The lowest BCUT2D eigenvalue weighted by Gasteiger charge is -2.44. The fourth-order valence-corrected chi connectivity index (χ4v) is 1.50. The van der Waals surface area contributed by atoms with Gasteiger partial charge in [-0.1, -0.05) is 6.42 Å². The Morgan fingerprint density at radius 3 is 2.67 bits per heavy atom. The van der Waals surface area contributed by atoms with Crippen LogP contribution in [0, 0.1) is 6.61 Å². The summed E-state index contributed by atoms with van der Waals surface area (Å²) in [4.78, 5) is 0. The van der Waals surface area contributed by atoms with Crippen molar-refractivity contribution in [1.82, 2.24) is 5.32 Å². The Morgan fingerprint density at radius 2 is 2.33 bits per heavy atom. The first-order chi connectivity index (χ1) is 4.41. The SMILES string of the molecule is [CH]1OCC12CCCCN2. The summed E-state index contributed by atoms with van der Waals surface area (Å²) in [5, 5.41) is 3.45. The second kappa shape index (κ2) is 1.96. The Kier molecular flexibility index (Phi) is 1.24. The highest BCUT2D eigenvalue weighted by atomic mass is 16.5. The molecular weight excluding hydrogens is 114 g/mol. The van der Waals surface area contributed by atoms with Gasteiger partial charge in [0, 0.05) is 0 Å². The van der Waals surface area contributed by atoms with Crippen LogP contribution < -0.4 is 5.32 Å². The molecule has 0 aromatic rings. The molecular formula is C7H12NO. The molecule has 1 N–H and O–H groups in total. The van der Waals surface area contributed by atoms with Crippen molar-refractivity contribution in [3.05, 3.63) is 6.61 Å². The van der Waals surface area contributed by atoms with Crippen LogP contribution in [0.3, 0.4) is 0 Å². The van der Waals surface area contributed by atoms with Crippen LogP contribution >= 0.6 is 0 Å².